The monoisotopic (exact) mass is 338 g/mol. The minimum Gasteiger partial charge on any atom is -0.346 e. The Bertz CT molecular complexity index is 865. The molecule has 3 rings (SSSR count). The summed E-state index contributed by atoms with van der Waals surface area (Å²) in [6.45, 7) is 2.15. The van der Waals surface area contributed by atoms with Crippen LogP contribution >= 0.6 is 11.6 Å². The van der Waals surface area contributed by atoms with E-state index in [4.69, 9.17) is 11.6 Å². The molecule has 3 aromatic rings. The fourth-order valence-corrected chi connectivity index (χ4v) is 2.37. The highest BCUT2D eigenvalue weighted by molar-refractivity contribution is 6.30. The second-order valence-corrected chi connectivity index (χ2v) is 5.68. The van der Waals surface area contributed by atoms with Gasteiger partial charge in [0, 0.05) is 29.2 Å². The Balaban J connectivity index is 1.73. The van der Waals surface area contributed by atoms with Gasteiger partial charge in [-0.1, -0.05) is 23.7 Å². The van der Waals surface area contributed by atoms with Gasteiger partial charge in [0.05, 0.1) is 17.8 Å². The second kappa shape index (κ2) is 7.19. The lowest BCUT2D eigenvalue weighted by Crippen LogP contribution is -2.23. The van der Waals surface area contributed by atoms with Crippen molar-refractivity contribution < 1.29 is 4.79 Å². The van der Waals surface area contributed by atoms with Crippen LogP contribution in [-0.2, 0) is 6.54 Å². The van der Waals surface area contributed by atoms with Gasteiger partial charge in [0.2, 0.25) is 0 Å². The number of nitrogens with zero attached hydrogens (tertiary/aromatic N) is 3. The Kier molecular flexibility index (Phi) is 4.82. The Morgan fingerprint density at radius 3 is 2.67 bits per heavy atom. The number of benzene rings is 1. The molecule has 0 saturated heterocycles. The summed E-state index contributed by atoms with van der Waals surface area (Å²) < 4.78 is 0. The molecule has 5 nitrogen and oxygen atoms in total. The molecule has 2 heterocycles. The Labute approximate surface area is 144 Å². The van der Waals surface area contributed by atoms with Crippen molar-refractivity contribution >= 4 is 17.5 Å². The van der Waals surface area contributed by atoms with Crippen LogP contribution < -0.4 is 5.32 Å². The van der Waals surface area contributed by atoms with Crippen molar-refractivity contribution in [2.24, 2.45) is 0 Å². The van der Waals surface area contributed by atoms with E-state index in [1.807, 2.05) is 19.1 Å². The van der Waals surface area contributed by atoms with E-state index in [2.05, 4.69) is 20.3 Å². The molecule has 2 aromatic heterocycles. The standard InChI is InChI=1S/C18H15ClN4O/c1-12-21-7-6-17(23-12)11-22-18(24)15-8-14(9-20-10-15)13-2-4-16(19)5-3-13/h2-10H,11H2,1H3,(H,22,24). The van der Waals surface area contributed by atoms with Crippen LogP contribution in [0.2, 0.25) is 5.02 Å². The molecule has 120 valence electrons. The first-order chi connectivity index (χ1) is 11.6. The van der Waals surface area contributed by atoms with Crippen LogP contribution in [0.25, 0.3) is 11.1 Å². The Morgan fingerprint density at radius 2 is 1.92 bits per heavy atom. The maximum atomic E-state index is 12.3. The van der Waals surface area contributed by atoms with Gasteiger partial charge >= 0.3 is 0 Å². The SMILES string of the molecule is Cc1nccc(CNC(=O)c2cncc(-c3ccc(Cl)cc3)c2)n1. The van der Waals surface area contributed by atoms with Gasteiger partial charge in [-0.05, 0) is 36.8 Å². The number of aryl methyl sites for hydroxylation is 1. The third-order valence-electron chi connectivity index (χ3n) is 3.44. The predicted octanol–water partition coefficient (Wildman–Crippen LogP) is 3.43. The van der Waals surface area contributed by atoms with E-state index in [0.717, 1.165) is 16.8 Å². The van der Waals surface area contributed by atoms with E-state index >= 15 is 0 Å². The molecule has 0 aliphatic carbocycles. The number of halogens is 1. The summed E-state index contributed by atoms with van der Waals surface area (Å²) in [7, 11) is 0. The molecule has 1 amide bonds. The van der Waals surface area contributed by atoms with E-state index in [1.165, 1.54) is 0 Å². The van der Waals surface area contributed by atoms with Gasteiger partial charge in [-0.3, -0.25) is 9.78 Å². The first-order valence-electron chi connectivity index (χ1n) is 7.39. The van der Waals surface area contributed by atoms with Crippen molar-refractivity contribution in [3.63, 3.8) is 0 Å². The highest BCUT2D eigenvalue weighted by Gasteiger charge is 2.08. The van der Waals surface area contributed by atoms with E-state index in [1.54, 1.807) is 42.9 Å². The quantitative estimate of drug-likeness (QED) is 0.791. The zero-order chi connectivity index (χ0) is 16.9. The summed E-state index contributed by atoms with van der Waals surface area (Å²) in [6.07, 6.45) is 4.93. The van der Waals surface area contributed by atoms with Crippen LogP contribution in [0.15, 0.2) is 55.0 Å². The normalized spacial score (nSPS) is 10.4. The molecule has 6 heteroatoms. The minimum atomic E-state index is -0.199. The first kappa shape index (κ1) is 16.1. The summed E-state index contributed by atoms with van der Waals surface area (Å²) in [6, 6.07) is 11.0. The molecule has 1 aromatic carbocycles. The van der Waals surface area contributed by atoms with Crippen LogP contribution in [-0.4, -0.2) is 20.9 Å². The molecule has 0 saturated carbocycles. The van der Waals surface area contributed by atoms with Crippen LogP contribution in [0.5, 0.6) is 0 Å². The molecular formula is C18H15ClN4O. The van der Waals surface area contributed by atoms with Gasteiger partial charge in [0.1, 0.15) is 5.82 Å². The third-order valence-corrected chi connectivity index (χ3v) is 3.69. The largest absolute Gasteiger partial charge is 0.346 e. The maximum absolute atomic E-state index is 12.3. The van der Waals surface area contributed by atoms with Gasteiger partial charge < -0.3 is 5.32 Å². The van der Waals surface area contributed by atoms with Crippen LogP contribution in [0.1, 0.15) is 21.9 Å². The summed E-state index contributed by atoms with van der Waals surface area (Å²) >= 11 is 5.90. The van der Waals surface area contributed by atoms with Crippen LogP contribution in [0.3, 0.4) is 0 Å². The zero-order valence-corrected chi connectivity index (χ0v) is 13.8. The smallest absolute Gasteiger partial charge is 0.253 e. The van der Waals surface area contributed by atoms with Crippen molar-refractivity contribution in [3.8, 4) is 11.1 Å². The van der Waals surface area contributed by atoms with Gasteiger partial charge in [0.25, 0.3) is 5.91 Å². The van der Waals surface area contributed by atoms with E-state index < -0.39 is 0 Å². The molecule has 0 spiro atoms. The van der Waals surface area contributed by atoms with Gasteiger partial charge in [-0.25, -0.2) is 9.97 Å². The fraction of sp³-hybridized carbons (Fsp3) is 0.111. The number of hydrogen-bond donors (Lipinski definition) is 1. The number of aromatic nitrogens is 3. The minimum absolute atomic E-state index is 0.199. The average molecular weight is 339 g/mol. The van der Waals surface area contributed by atoms with Crippen molar-refractivity contribution in [1.29, 1.82) is 0 Å². The number of rotatable bonds is 4. The second-order valence-electron chi connectivity index (χ2n) is 5.25. The molecule has 0 radical (unpaired) electrons. The lowest BCUT2D eigenvalue weighted by molar-refractivity contribution is 0.0950. The van der Waals surface area contributed by atoms with Crippen molar-refractivity contribution in [3.05, 3.63) is 77.1 Å². The maximum Gasteiger partial charge on any atom is 0.253 e. The molecule has 0 atom stereocenters. The topological polar surface area (TPSA) is 67.8 Å². The Hall–Kier alpha value is -2.79. The number of amides is 1. The predicted molar refractivity (Wildman–Crippen MR) is 92.6 cm³/mol. The molecule has 0 bridgehead atoms. The van der Waals surface area contributed by atoms with Gasteiger partial charge in [-0.2, -0.15) is 0 Å². The van der Waals surface area contributed by atoms with Crippen molar-refractivity contribution in [1.82, 2.24) is 20.3 Å². The number of pyridine rings is 1. The van der Waals surface area contributed by atoms with Gasteiger partial charge in [0.15, 0.2) is 0 Å². The highest BCUT2D eigenvalue weighted by Crippen LogP contribution is 2.21. The van der Waals surface area contributed by atoms with Crippen molar-refractivity contribution in [2.75, 3.05) is 0 Å². The summed E-state index contributed by atoms with van der Waals surface area (Å²) in [5.74, 6) is 0.475. The molecular weight excluding hydrogens is 324 g/mol. The van der Waals surface area contributed by atoms with Crippen molar-refractivity contribution in [2.45, 2.75) is 13.5 Å². The lowest BCUT2D eigenvalue weighted by atomic mass is 10.1. The van der Waals surface area contributed by atoms with Gasteiger partial charge in [-0.15, -0.1) is 0 Å². The number of nitrogens with one attached hydrogen (secondary N) is 1. The highest BCUT2D eigenvalue weighted by atomic mass is 35.5. The first-order valence-corrected chi connectivity index (χ1v) is 7.77. The molecule has 0 aliphatic heterocycles. The molecule has 1 N–H and O–H groups in total. The number of carbonyl (C=O) groups is 1. The summed E-state index contributed by atoms with van der Waals surface area (Å²) in [4.78, 5) is 24.8. The third kappa shape index (κ3) is 3.94. The summed E-state index contributed by atoms with van der Waals surface area (Å²) in [5.41, 5.74) is 3.07. The molecule has 0 fully saturated rings. The number of carbonyl (C=O) groups excluding carboxylic acids is 1. The zero-order valence-electron chi connectivity index (χ0n) is 13.0. The fourth-order valence-electron chi connectivity index (χ4n) is 2.24. The van der Waals surface area contributed by atoms with Crippen LogP contribution in [0, 0.1) is 6.92 Å². The van der Waals surface area contributed by atoms with E-state index in [0.29, 0.717) is 23.0 Å². The lowest BCUT2D eigenvalue weighted by Gasteiger charge is -2.07. The number of hydrogen-bond acceptors (Lipinski definition) is 4. The average Bonchev–Trinajstić information content (AvgIpc) is 2.60. The Morgan fingerprint density at radius 1 is 1.12 bits per heavy atom. The molecule has 24 heavy (non-hydrogen) atoms. The van der Waals surface area contributed by atoms with E-state index in [9.17, 15) is 4.79 Å². The molecule has 0 unspecified atom stereocenters. The molecule has 0 aliphatic rings. The van der Waals surface area contributed by atoms with E-state index in [-0.39, 0.29) is 5.91 Å². The van der Waals surface area contributed by atoms with Crippen LogP contribution in [0.4, 0.5) is 0 Å². The summed E-state index contributed by atoms with van der Waals surface area (Å²) in [5, 5.41) is 3.51.